The monoisotopic (exact) mass is 327 g/mol. The molecule has 0 radical (unpaired) electrons. The van der Waals surface area contributed by atoms with Gasteiger partial charge in [0, 0.05) is 13.1 Å². The summed E-state index contributed by atoms with van der Waals surface area (Å²) in [5, 5.41) is 13.8. The highest BCUT2D eigenvalue weighted by atomic mass is 79.9. The average Bonchev–Trinajstić information content (AvgIpc) is 2.39. The lowest BCUT2D eigenvalue weighted by Crippen LogP contribution is -2.41. The lowest BCUT2D eigenvalue weighted by Gasteiger charge is -2.32. The van der Waals surface area contributed by atoms with E-state index in [9.17, 15) is 5.11 Å². The molecule has 2 rings (SSSR count). The topological polar surface area (TPSA) is 41.5 Å². The number of rotatable bonds is 5. The van der Waals surface area contributed by atoms with Gasteiger partial charge < -0.3 is 15.2 Å². The van der Waals surface area contributed by atoms with Gasteiger partial charge in [0.1, 0.15) is 5.75 Å². The molecule has 0 bridgehead atoms. The summed E-state index contributed by atoms with van der Waals surface area (Å²) in [4.78, 5) is 0. The van der Waals surface area contributed by atoms with Gasteiger partial charge in [-0.1, -0.05) is 25.3 Å². The summed E-state index contributed by atoms with van der Waals surface area (Å²) in [5.74, 6) is 0.842. The van der Waals surface area contributed by atoms with Crippen LogP contribution in [-0.2, 0) is 6.54 Å². The standard InChI is InChI=1S/C15H22BrNO2/c1-19-14-6-5-12(9-13(14)16)10-17-11-15(18)7-3-2-4-8-15/h5-6,9,17-18H,2-4,7-8,10-11H2,1H3. The third kappa shape index (κ3) is 4.20. The Labute approximate surface area is 123 Å². The van der Waals surface area contributed by atoms with Gasteiger partial charge in [0.05, 0.1) is 17.2 Å². The molecule has 1 aliphatic rings. The summed E-state index contributed by atoms with van der Waals surface area (Å²) in [7, 11) is 1.66. The zero-order chi connectivity index (χ0) is 13.7. The van der Waals surface area contributed by atoms with Crippen LogP contribution >= 0.6 is 15.9 Å². The molecule has 0 heterocycles. The van der Waals surface area contributed by atoms with Crippen LogP contribution in [0.5, 0.6) is 5.75 Å². The lowest BCUT2D eigenvalue weighted by atomic mass is 9.85. The second-order valence-corrected chi connectivity index (χ2v) is 6.21. The minimum atomic E-state index is -0.498. The normalized spacial score (nSPS) is 18.3. The van der Waals surface area contributed by atoms with Crippen molar-refractivity contribution in [3.05, 3.63) is 28.2 Å². The number of nitrogens with one attached hydrogen (secondary N) is 1. The van der Waals surface area contributed by atoms with E-state index in [-0.39, 0.29) is 0 Å². The molecule has 106 valence electrons. The van der Waals surface area contributed by atoms with Crippen LogP contribution in [0.3, 0.4) is 0 Å². The molecule has 4 heteroatoms. The predicted molar refractivity (Wildman–Crippen MR) is 80.4 cm³/mol. The fourth-order valence-corrected chi connectivity index (χ4v) is 3.23. The van der Waals surface area contributed by atoms with Crippen molar-refractivity contribution in [3.8, 4) is 5.75 Å². The summed E-state index contributed by atoms with van der Waals surface area (Å²) in [6.45, 7) is 1.45. The number of ether oxygens (including phenoxy) is 1. The molecule has 0 aliphatic heterocycles. The van der Waals surface area contributed by atoms with E-state index >= 15 is 0 Å². The van der Waals surface area contributed by atoms with Crippen LogP contribution in [-0.4, -0.2) is 24.4 Å². The Bertz CT molecular complexity index is 417. The molecule has 0 spiro atoms. The molecule has 1 aliphatic carbocycles. The number of methoxy groups -OCH3 is 1. The van der Waals surface area contributed by atoms with Gasteiger partial charge in [-0.3, -0.25) is 0 Å². The van der Waals surface area contributed by atoms with Gasteiger partial charge in [-0.05, 0) is 46.5 Å². The molecule has 2 N–H and O–H groups in total. The largest absolute Gasteiger partial charge is 0.496 e. The van der Waals surface area contributed by atoms with Crippen molar-refractivity contribution in [1.29, 1.82) is 0 Å². The molecule has 19 heavy (non-hydrogen) atoms. The van der Waals surface area contributed by atoms with Gasteiger partial charge >= 0.3 is 0 Å². The molecule has 0 unspecified atom stereocenters. The highest BCUT2D eigenvalue weighted by Gasteiger charge is 2.28. The van der Waals surface area contributed by atoms with Crippen LogP contribution < -0.4 is 10.1 Å². The number of benzene rings is 1. The molecule has 0 aromatic heterocycles. The summed E-state index contributed by atoms with van der Waals surface area (Å²) in [6.07, 6.45) is 5.39. The van der Waals surface area contributed by atoms with Crippen molar-refractivity contribution in [2.45, 2.75) is 44.2 Å². The Kier molecular flexibility index (Phi) is 5.25. The molecule has 0 atom stereocenters. The molecule has 1 aromatic rings. The van der Waals surface area contributed by atoms with Gasteiger partial charge in [0.15, 0.2) is 0 Å². The molecule has 1 aromatic carbocycles. The van der Waals surface area contributed by atoms with Crippen molar-refractivity contribution in [2.24, 2.45) is 0 Å². The quantitative estimate of drug-likeness (QED) is 0.872. The third-order valence-corrected chi connectivity index (χ3v) is 4.40. The van der Waals surface area contributed by atoms with E-state index in [2.05, 4.69) is 27.3 Å². The molecule has 0 amide bonds. The molecular weight excluding hydrogens is 306 g/mol. The van der Waals surface area contributed by atoms with Crippen molar-refractivity contribution in [3.63, 3.8) is 0 Å². The van der Waals surface area contributed by atoms with Crippen LogP contribution in [0.1, 0.15) is 37.7 Å². The van der Waals surface area contributed by atoms with Crippen LogP contribution in [0.4, 0.5) is 0 Å². The first-order valence-electron chi connectivity index (χ1n) is 6.88. The maximum absolute atomic E-state index is 10.4. The molecule has 1 saturated carbocycles. The Hall–Kier alpha value is -0.580. The van der Waals surface area contributed by atoms with E-state index in [4.69, 9.17) is 4.74 Å². The summed E-state index contributed by atoms with van der Waals surface area (Å²) >= 11 is 3.48. The maximum atomic E-state index is 10.4. The number of aliphatic hydroxyl groups is 1. The molecular formula is C15H22BrNO2. The SMILES string of the molecule is COc1ccc(CNCC2(O)CCCCC2)cc1Br. The Balaban J connectivity index is 1.83. The number of hydrogen-bond donors (Lipinski definition) is 2. The minimum absolute atomic E-state index is 0.498. The zero-order valence-corrected chi connectivity index (χ0v) is 13.0. The Morgan fingerprint density at radius 2 is 2.05 bits per heavy atom. The van der Waals surface area contributed by atoms with Crippen LogP contribution in [0.2, 0.25) is 0 Å². The minimum Gasteiger partial charge on any atom is -0.496 e. The predicted octanol–water partition coefficient (Wildman–Crippen LogP) is 3.24. The van der Waals surface area contributed by atoms with Crippen LogP contribution in [0.25, 0.3) is 0 Å². The van der Waals surface area contributed by atoms with Gasteiger partial charge in [-0.2, -0.15) is 0 Å². The van der Waals surface area contributed by atoms with E-state index < -0.39 is 5.60 Å². The first kappa shape index (κ1) is 14.8. The van der Waals surface area contributed by atoms with E-state index in [1.807, 2.05) is 12.1 Å². The smallest absolute Gasteiger partial charge is 0.133 e. The Morgan fingerprint density at radius 1 is 1.32 bits per heavy atom. The van der Waals surface area contributed by atoms with Gasteiger partial charge in [0.25, 0.3) is 0 Å². The van der Waals surface area contributed by atoms with E-state index in [1.165, 1.54) is 12.0 Å². The van der Waals surface area contributed by atoms with Gasteiger partial charge in [-0.25, -0.2) is 0 Å². The van der Waals surface area contributed by atoms with Gasteiger partial charge in [-0.15, -0.1) is 0 Å². The second-order valence-electron chi connectivity index (χ2n) is 5.36. The fraction of sp³-hybridized carbons (Fsp3) is 0.600. The fourth-order valence-electron chi connectivity index (χ4n) is 2.65. The first-order valence-corrected chi connectivity index (χ1v) is 7.68. The Morgan fingerprint density at radius 3 is 2.68 bits per heavy atom. The van der Waals surface area contributed by atoms with Crippen molar-refractivity contribution < 1.29 is 9.84 Å². The summed E-state index contributed by atoms with van der Waals surface area (Å²) < 4.78 is 6.17. The van der Waals surface area contributed by atoms with E-state index in [0.717, 1.165) is 42.5 Å². The third-order valence-electron chi connectivity index (χ3n) is 3.78. The molecule has 1 fully saturated rings. The highest BCUT2D eigenvalue weighted by Crippen LogP contribution is 2.28. The highest BCUT2D eigenvalue weighted by molar-refractivity contribution is 9.10. The summed E-state index contributed by atoms with van der Waals surface area (Å²) in [5.41, 5.74) is 0.689. The average molecular weight is 328 g/mol. The van der Waals surface area contributed by atoms with Crippen molar-refractivity contribution >= 4 is 15.9 Å². The zero-order valence-electron chi connectivity index (χ0n) is 11.4. The van der Waals surface area contributed by atoms with Crippen LogP contribution in [0, 0.1) is 0 Å². The lowest BCUT2D eigenvalue weighted by molar-refractivity contribution is 0.00467. The first-order chi connectivity index (χ1) is 9.13. The van der Waals surface area contributed by atoms with Gasteiger partial charge in [0.2, 0.25) is 0 Å². The number of hydrogen-bond acceptors (Lipinski definition) is 3. The summed E-state index contributed by atoms with van der Waals surface area (Å²) in [6, 6.07) is 6.05. The van der Waals surface area contributed by atoms with Crippen molar-refractivity contribution in [2.75, 3.05) is 13.7 Å². The van der Waals surface area contributed by atoms with Crippen molar-refractivity contribution in [1.82, 2.24) is 5.32 Å². The van der Waals surface area contributed by atoms with E-state index in [1.54, 1.807) is 7.11 Å². The van der Waals surface area contributed by atoms with Crippen LogP contribution in [0.15, 0.2) is 22.7 Å². The van der Waals surface area contributed by atoms with E-state index in [0.29, 0.717) is 6.54 Å². The maximum Gasteiger partial charge on any atom is 0.133 e. The molecule has 3 nitrogen and oxygen atoms in total. The number of halogens is 1. The molecule has 0 saturated heterocycles. The second kappa shape index (κ2) is 6.73.